The zero-order chi connectivity index (χ0) is 66.1. The molecule has 0 saturated heterocycles. The first-order valence-corrected chi connectivity index (χ1v) is 34.7. The number of carbonyl (C=O) groups is 4. The molecule has 4 amide bonds. The van der Waals surface area contributed by atoms with E-state index in [1.807, 2.05) is 119 Å². The number of ether oxygens (including phenoxy) is 1. The Morgan fingerprint density at radius 1 is 0.421 bits per heavy atom. The van der Waals surface area contributed by atoms with E-state index in [1.54, 1.807) is 24.3 Å². The van der Waals surface area contributed by atoms with E-state index in [0.29, 0.717) is 105 Å². The Morgan fingerprint density at radius 2 is 0.779 bits per heavy atom. The van der Waals surface area contributed by atoms with Gasteiger partial charge in [0, 0.05) is 37.0 Å². The van der Waals surface area contributed by atoms with Crippen molar-refractivity contribution in [1.29, 1.82) is 0 Å². The van der Waals surface area contributed by atoms with Crippen LogP contribution in [-0.4, -0.2) is 88.4 Å². The van der Waals surface area contributed by atoms with Gasteiger partial charge >= 0.3 is 0 Å². The first-order valence-electron chi connectivity index (χ1n) is 33.2. The fourth-order valence-electron chi connectivity index (χ4n) is 12.4. The third-order valence-corrected chi connectivity index (χ3v) is 19.2. The molecular weight excluding hydrogens is 1290 g/mol. The van der Waals surface area contributed by atoms with Crippen LogP contribution in [0.4, 0.5) is 23.8 Å². The molecule has 0 spiro atoms. The fourth-order valence-corrected chi connectivity index (χ4v) is 13.0. The van der Waals surface area contributed by atoms with Gasteiger partial charge in [-0.05, 0) is 175 Å². The lowest BCUT2D eigenvalue weighted by Gasteiger charge is -2.28. The number of amides is 4. The van der Waals surface area contributed by atoms with Gasteiger partial charge in [0.25, 0.3) is 5.91 Å². The molecule has 5 fully saturated rings. The molecule has 0 aliphatic heterocycles. The van der Waals surface area contributed by atoms with E-state index in [4.69, 9.17) is 51.1 Å². The maximum Gasteiger partial charge on any atom is 0.264 e. The Kier molecular flexibility index (Phi) is 21.5. The summed E-state index contributed by atoms with van der Waals surface area (Å²) >= 11 is 24.2. The van der Waals surface area contributed by atoms with E-state index in [0.717, 1.165) is 102 Å². The maximum absolute atomic E-state index is 12.7. The summed E-state index contributed by atoms with van der Waals surface area (Å²) in [6, 6.07) is 34.6. The van der Waals surface area contributed by atoms with Gasteiger partial charge in [-0.2, -0.15) is 0 Å². The first kappa shape index (κ1) is 66.8. The van der Waals surface area contributed by atoms with Crippen molar-refractivity contribution in [2.75, 3.05) is 27.9 Å². The number of nitrogens with one attached hydrogen (secondary N) is 4. The van der Waals surface area contributed by atoms with Crippen LogP contribution in [0.15, 0.2) is 109 Å². The first-order chi connectivity index (χ1) is 46.1. The molecule has 0 radical (unpaired) electrons. The number of nitrogens with zero attached hydrogens (tertiary/aromatic N) is 12. The van der Waals surface area contributed by atoms with Crippen molar-refractivity contribution in [3.63, 3.8) is 0 Å². The van der Waals surface area contributed by atoms with E-state index in [2.05, 4.69) is 65.7 Å². The van der Waals surface area contributed by atoms with Gasteiger partial charge in [-0.25, -0.2) is 39.9 Å². The van der Waals surface area contributed by atoms with Gasteiger partial charge < -0.3 is 4.74 Å². The predicted molar refractivity (Wildman–Crippen MR) is 374 cm³/mol. The number of para-hydroxylation sites is 1. The van der Waals surface area contributed by atoms with Gasteiger partial charge in [0.1, 0.15) is 48.4 Å². The van der Waals surface area contributed by atoms with E-state index in [1.165, 1.54) is 51.4 Å². The number of hydrogen-bond donors (Lipinski definition) is 4. The summed E-state index contributed by atoms with van der Waals surface area (Å²) in [5.41, 5.74) is 6.98. The highest BCUT2D eigenvalue weighted by molar-refractivity contribution is 6.30. The largest absolute Gasteiger partial charge is 0.484 e. The minimum Gasteiger partial charge on any atom is -0.484 e. The van der Waals surface area contributed by atoms with Crippen molar-refractivity contribution in [1.82, 2.24) is 58.1 Å². The highest BCUT2D eigenvalue weighted by Gasteiger charge is 2.32. The molecule has 4 N–H and O–H groups in total. The number of benzene rings is 2. The number of aromatic nitrogens is 12. The summed E-state index contributed by atoms with van der Waals surface area (Å²) in [5.74, 6) is 3.24. The summed E-state index contributed by atoms with van der Waals surface area (Å²) < 4.78 is 13.6. The molecule has 5 saturated carbocycles. The molecular formula is C70H78Cl4N16O5. The average Bonchev–Trinajstić information content (AvgIpc) is 1.68. The molecule has 25 heteroatoms. The van der Waals surface area contributed by atoms with Gasteiger partial charge in [-0.3, -0.25) is 58.7 Å². The van der Waals surface area contributed by atoms with Crippen molar-refractivity contribution < 1.29 is 23.9 Å². The zero-order valence-corrected chi connectivity index (χ0v) is 56.5. The number of anilines is 4. The summed E-state index contributed by atoms with van der Waals surface area (Å²) in [6.45, 7) is 5.87. The predicted octanol–water partition coefficient (Wildman–Crippen LogP) is 16.9. The number of fused-ring (bicyclic) bond motifs is 4. The minimum atomic E-state index is -0.258. The number of rotatable bonds is 17. The lowest BCUT2D eigenvalue weighted by atomic mass is 9.87. The zero-order valence-electron chi connectivity index (χ0n) is 53.5. The van der Waals surface area contributed by atoms with Gasteiger partial charge in [0.05, 0.1) is 5.92 Å². The lowest BCUT2D eigenvalue weighted by Crippen LogP contribution is -2.25. The molecule has 2 aromatic carbocycles. The highest BCUT2D eigenvalue weighted by atomic mass is 35.5. The van der Waals surface area contributed by atoms with E-state index >= 15 is 0 Å². The molecule has 8 aromatic heterocycles. The number of imidazole rings is 4. The van der Waals surface area contributed by atoms with Crippen molar-refractivity contribution in [3.05, 3.63) is 135 Å². The van der Waals surface area contributed by atoms with Crippen LogP contribution < -0.4 is 26.0 Å². The van der Waals surface area contributed by atoms with Gasteiger partial charge in [0.2, 0.25) is 41.5 Å². The minimum absolute atomic E-state index is 0.00743. The standard InChI is InChI=1S/C19H19ClN4O.C18H17ClN4O2.C18H23ClN4O.C15H19ClN4O/c1-12(13-6-3-2-4-7-13)18(25)23-19-21-15-10-11-16(20)22-17(15)24(19)14-8-5-9-14;19-15-10-9-14-17(21-15)23(12-5-4-6-12)18(20-14)22-16(24)11-25-13-7-2-1-3-8-13;19-15-10-9-14-17(21-15)23(13-7-4-8-13)18(20-14)22-16(24)11-12-5-2-1-3-6-12;1-9(2)8-13(21)19-15-17-11-6-7-12(16)18-14(11)20(15)10-4-3-5-10/h2-4,6-7,10-12,14H,5,8-9H2,1H3,(H,21,23,25);1-3,7-10,12H,4-6,11H2,(H,20,22,24);9-10,12-13H,1-8,11H2,(H,20,22,24);6-7,9-10H,3-5,8H2,1-2H3,(H,17,19,21). The summed E-state index contributed by atoms with van der Waals surface area (Å²) in [4.78, 5) is 85.4. The Bertz CT molecular complexity index is 4340. The summed E-state index contributed by atoms with van der Waals surface area (Å²) in [6.07, 6.45) is 20.6. The van der Waals surface area contributed by atoms with E-state index in [9.17, 15) is 19.2 Å². The van der Waals surface area contributed by atoms with Crippen LogP contribution in [0.3, 0.4) is 0 Å². The van der Waals surface area contributed by atoms with E-state index < -0.39 is 0 Å². The second-order valence-corrected chi connectivity index (χ2v) is 27.2. The molecule has 0 bridgehead atoms. The fraction of sp³-hybridized carbons (Fsp3) is 0.429. The van der Waals surface area contributed by atoms with Crippen LogP contribution in [0.1, 0.15) is 178 Å². The maximum atomic E-state index is 12.7. The van der Waals surface area contributed by atoms with Crippen LogP contribution in [0.25, 0.3) is 44.7 Å². The average molecular weight is 1370 g/mol. The van der Waals surface area contributed by atoms with Crippen LogP contribution >= 0.6 is 46.4 Å². The van der Waals surface area contributed by atoms with Crippen LogP contribution in [0, 0.1) is 11.8 Å². The summed E-state index contributed by atoms with van der Waals surface area (Å²) in [5, 5.41) is 13.6. The Hall–Kier alpha value is -8.24. The van der Waals surface area contributed by atoms with Crippen molar-refractivity contribution in [2.45, 2.75) is 173 Å². The SMILES string of the molecule is CC(C(=O)Nc1nc2ccc(Cl)nc2n1C1CCC1)c1ccccc1.CC(C)CC(=O)Nc1nc2ccc(Cl)nc2n1C1CCC1.O=C(CC1CCCCC1)Nc1nc2ccc(Cl)nc2n1C1CCC1.O=C(COc1ccccc1)Nc1nc2ccc(Cl)nc2n1C1CCC1. The Balaban J connectivity index is 0.000000122. The molecule has 1 unspecified atom stereocenters. The third kappa shape index (κ3) is 16.2. The highest BCUT2D eigenvalue weighted by Crippen LogP contribution is 2.41. The van der Waals surface area contributed by atoms with E-state index in [-0.39, 0.29) is 36.2 Å². The molecule has 21 nitrogen and oxygen atoms in total. The van der Waals surface area contributed by atoms with Gasteiger partial charge in [0.15, 0.2) is 29.2 Å². The van der Waals surface area contributed by atoms with Crippen LogP contribution in [0.2, 0.25) is 20.6 Å². The molecule has 8 heterocycles. The second-order valence-electron chi connectivity index (χ2n) is 25.6. The summed E-state index contributed by atoms with van der Waals surface area (Å²) in [7, 11) is 0. The third-order valence-electron chi connectivity index (χ3n) is 18.4. The molecule has 10 aromatic rings. The molecule has 95 heavy (non-hydrogen) atoms. The van der Waals surface area contributed by atoms with Crippen molar-refractivity contribution >= 4 is 138 Å². The van der Waals surface area contributed by atoms with Gasteiger partial charge in [-0.15, -0.1) is 0 Å². The van der Waals surface area contributed by atoms with Crippen LogP contribution in [0.5, 0.6) is 5.75 Å². The van der Waals surface area contributed by atoms with Crippen molar-refractivity contribution in [3.8, 4) is 5.75 Å². The second kappa shape index (κ2) is 30.7. The number of halogens is 4. The Labute approximate surface area is 570 Å². The molecule has 15 rings (SSSR count). The number of pyridine rings is 4. The monoisotopic (exact) mass is 1360 g/mol. The number of carbonyl (C=O) groups excluding carboxylic acids is 4. The Morgan fingerprint density at radius 3 is 1.15 bits per heavy atom. The smallest absolute Gasteiger partial charge is 0.264 e. The molecule has 1 atom stereocenters. The topological polar surface area (TPSA) is 248 Å². The van der Waals surface area contributed by atoms with Crippen molar-refractivity contribution in [2.24, 2.45) is 11.8 Å². The number of hydrogen-bond acceptors (Lipinski definition) is 13. The molecule has 496 valence electrons. The quantitative estimate of drug-likeness (QED) is 0.0620. The molecule has 5 aliphatic carbocycles. The molecule has 5 aliphatic rings. The van der Waals surface area contributed by atoms with Crippen LogP contribution in [-0.2, 0) is 19.2 Å². The lowest BCUT2D eigenvalue weighted by molar-refractivity contribution is -0.118. The van der Waals surface area contributed by atoms with Gasteiger partial charge in [-0.1, -0.05) is 128 Å². The normalized spacial score (nSPS) is 16.2.